The van der Waals surface area contributed by atoms with Gasteiger partial charge in [0.25, 0.3) is 0 Å². The van der Waals surface area contributed by atoms with Crippen molar-refractivity contribution >= 4 is 33.7 Å². The number of hydrogen-bond donors (Lipinski definition) is 1. The van der Waals surface area contributed by atoms with Gasteiger partial charge in [-0.15, -0.1) is 0 Å². The number of H-pyrrole nitrogens is 1. The van der Waals surface area contributed by atoms with E-state index >= 15 is 0 Å². The molecule has 0 bridgehead atoms. The zero-order valence-electron chi connectivity index (χ0n) is 8.37. The molecule has 74 valence electrons. The molecule has 0 aliphatic heterocycles. The Morgan fingerprint density at radius 3 is 3.27 bits per heavy atom. The molecule has 1 aromatic carbocycles. The predicted octanol–water partition coefficient (Wildman–Crippen LogP) is 2.32. The Bertz CT molecular complexity index is 762. The first-order chi connectivity index (χ1) is 7.65. The van der Waals surface area contributed by atoms with Crippen molar-refractivity contribution in [2.24, 2.45) is 0 Å². The molecule has 15 heavy (non-hydrogen) atoms. The number of furan rings is 1. The van der Waals surface area contributed by atoms with Gasteiger partial charge in [0, 0.05) is 10.4 Å². The molecule has 3 rings (SSSR count). The number of benzene rings is 1. The number of aromatic amines is 1. The van der Waals surface area contributed by atoms with Gasteiger partial charge in [-0.25, -0.2) is 0 Å². The summed E-state index contributed by atoms with van der Waals surface area (Å²) in [6.45, 7) is 0. The molecule has 0 unspecified atom stereocenters. The lowest BCUT2D eigenvalue weighted by atomic mass is 10.2. The molecular formula is C10H5ClN2O2. The first-order valence-electron chi connectivity index (χ1n) is 4.74. The summed E-state index contributed by atoms with van der Waals surface area (Å²) in [5, 5.41) is 1.22. The first-order valence-corrected chi connectivity index (χ1v) is 4.61. The summed E-state index contributed by atoms with van der Waals surface area (Å²) in [6, 6.07) is 5.03. The number of rotatable bonds is 0. The summed E-state index contributed by atoms with van der Waals surface area (Å²) in [5.74, 6) is 0. The smallest absolute Gasteiger partial charge is 0.316 e. The van der Waals surface area contributed by atoms with Gasteiger partial charge in [0.1, 0.15) is 6.95 Å². The monoisotopic (exact) mass is 221 g/mol. The summed E-state index contributed by atoms with van der Waals surface area (Å²) < 4.78 is 12.7. The van der Waals surface area contributed by atoms with Gasteiger partial charge in [-0.1, -0.05) is 11.6 Å². The molecule has 2 aromatic heterocycles. The van der Waals surface area contributed by atoms with Crippen molar-refractivity contribution in [2.75, 3.05) is 0 Å². The second-order valence-electron chi connectivity index (χ2n) is 3.10. The summed E-state index contributed by atoms with van der Waals surface area (Å²) >= 11 is 5.86. The van der Waals surface area contributed by atoms with E-state index < -0.39 is 5.56 Å². The Hall–Kier alpha value is -1.81. The normalized spacial score (nSPS) is 12.2. The van der Waals surface area contributed by atoms with Crippen LogP contribution in [0, 0.1) is 0 Å². The van der Waals surface area contributed by atoms with Crippen LogP contribution in [-0.2, 0) is 0 Å². The number of nitrogens with zero attached hydrogens (tertiary/aromatic N) is 1. The van der Waals surface area contributed by atoms with E-state index in [-0.39, 0.29) is 11.9 Å². The minimum atomic E-state index is -0.550. The van der Waals surface area contributed by atoms with Crippen molar-refractivity contribution in [3.8, 4) is 0 Å². The highest BCUT2D eigenvalue weighted by atomic mass is 35.5. The Balaban J connectivity index is 2.62. The Labute approximate surface area is 89.9 Å². The van der Waals surface area contributed by atoms with Crippen LogP contribution in [0.15, 0.2) is 33.7 Å². The highest BCUT2D eigenvalue weighted by molar-refractivity contribution is 6.31. The van der Waals surface area contributed by atoms with Crippen molar-refractivity contribution in [2.45, 2.75) is 0 Å². The molecule has 0 atom stereocenters. The van der Waals surface area contributed by atoms with Crippen LogP contribution in [-0.4, -0.2) is 9.97 Å². The molecule has 5 heteroatoms. The second kappa shape index (κ2) is 2.84. The number of hydrogen-bond acceptors (Lipinski definition) is 3. The van der Waals surface area contributed by atoms with E-state index in [4.69, 9.17) is 17.4 Å². The molecule has 4 nitrogen and oxygen atoms in total. The lowest BCUT2D eigenvalue weighted by Gasteiger charge is -1.89. The van der Waals surface area contributed by atoms with E-state index in [1.165, 1.54) is 0 Å². The van der Waals surface area contributed by atoms with Gasteiger partial charge < -0.3 is 9.40 Å². The average molecular weight is 222 g/mol. The lowest BCUT2D eigenvalue weighted by molar-refractivity contribution is 0.661. The van der Waals surface area contributed by atoms with E-state index in [0.29, 0.717) is 21.5 Å². The highest BCUT2D eigenvalue weighted by Gasteiger charge is 2.10. The van der Waals surface area contributed by atoms with Crippen LogP contribution in [0.1, 0.15) is 1.37 Å². The number of halogens is 1. The summed E-state index contributed by atoms with van der Waals surface area (Å²) in [5.41, 5.74) is 0.571. The quantitative estimate of drug-likeness (QED) is 0.634. The zero-order valence-corrected chi connectivity index (χ0v) is 8.13. The molecule has 0 amide bonds. The summed E-state index contributed by atoms with van der Waals surface area (Å²) in [4.78, 5) is 17.6. The molecular weight excluding hydrogens is 216 g/mol. The minimum Gasteiger partial charge on any atom is -0.449 e. The van der Waals surface area contributed by atoms with Gasteiger partial charge in [0.05, 0.1) is 11.8 Å². The molecule has 3 aromatic rings. The van der Waals surface area contributed by atoms with E-state index in [1.807, 2.05) is 0 Å². The van der Waals surface area contributed by atoms with Crippen molar-refractivity contribution in [1.82, 2.24) is 9.97 Å². The van der Waals surface area contributed by atoms with Gasteiger partial charge >= 0.3 is 5.56 Å². The van der Waals surface area contributed by atoms with Crippen LogP contribution in [0.2, 0.25) is 5.02 Å². The van der Waals surface area contributed by atoms with Crippen LogP contribution in [0.4, 0.5) is 0 Å². The molecule has 0 aliphatic carbocycles. The third kappa shape index (κ3) is 1.15. The Morgan fingerprint density at radius 2 is 2.40 bits per heavy atom. The molecule has 0 radical (unpaired) electrons. The first kappa shape index (κ1) is 7.48. The highest BCUT2D eigenvalue weighted by Crippen LogP contribution is 2.26. The average Bonchev–Trinajstić information content (AvgIpc) is 2.57. The maximum atomic E-state index is 11.5. The molecule has 1 N–H and O–H groups in total. The Morgan fingerprint density at radius 1 is 1.53 bits per heavy atom. The lowest BCUT2D eigenvalue weighted by Crippen LogP contribution is -2.03. The standard InChI is InChI=1S/C10H5ClN2O2/c11-5-1-2-7-6(3-5)8-9(15-7)10(14)13-4-12-8/h1-4H,(H,12,13,14)/i4D. The van der Waals surface area contributed by atoms with Gasteiger partial charge in [-0.2, -0.15) is 4.98 Å². The van der Waals surface area contributed by atoms with Crippen molar-refractivity contribution in [1.29, 1.82) is 0 Å². The van der Waals surface area contributed by atoms with Crippen LogP contribution in [0.3, 0.4) is 0 Å². The van der Waals surface area contributed by atoms with Crippen LogP contribution in [0.25, 0.3) is 22.1 Å². The predicted molar refractivity (Wildman–Crippen MR) is 57.1 cm³/mol. The third-order valence-electron chi connectivity index (χ3n) is 2.18. The maximum Gasteiger partial charge on any atom is 0.316 e. The van der Waals surface area contributed by atoms with E-state index in [9.17, 15) is 4.79 Å². The fourth-order valence-corrected chi connectivity index (χ4v) is 1.70. The van der Waals surface area contributed by atoms with Crippen molar-refractivity contribution < 1.29 is 5.79 Å². The topological polar surface area (TPSA) is 58.9 Å². The molecule has 0 aliphatic rings. The number of nitrogens with one attached hydrogen (secondary N) is 1. The largest absolute Gasteiger partial charge is 0.449 e. The fourth-order valence-electron chi connectivity index (χ4n) is 1.53. The van der Waals surface area contributed by atoms with Crippen molar-refractivity contribution in [3.63, 3.8) is 0 Å². The summed E-state index contributed by atoms with van der Waals surface area (Å²) in [7, 11) is 0. The SMILES string of the molecule is [2H]c1nc(=O)c2oc3ccc(Cl)cc3c2[nH]1. The fraction of sp³-hybridized carbons (Fsp3) is 0. The molecule has 2 heterocycles. The van der Waals surface area contributed by atoms with Crippen LogP contribution < -0.4 is 5.56 Å². The zero-order chi connectivity index (χ0) is 11.3. The van der Waals surface area contributed by atoms with Crippen LogP contribution >= 0.6 is 11.6 Å². The van der Waals surface area contributed by atoms with Crippen molar-refractivity contribution in [3.05, 3.63) is 39.9 Å². The van der Waals surface area contributed by atoms with E-state index in [0.717, 1.165) is 0 Å². The van der Waals surface area contributed by atoms with E-state index in [2.05, 4.69) is 9.97 Å². The molecule has 0 saturated carbocycles. The van der Waals surface area contributed by atoms with Crippen LogP contribution in [0.5, 0.6) is 0 Å². The summed E-state index contributed by atoms with van der Waals surface area (Å²) in [6.07, 6.45) is -0.194. The number of fused-ring (bicyclic) bond motifs is 3. The van der Waals surface area contributed by atoms with E-state index in [1.54, 1.807) is 18.2 Å². The molecule has 0 fully saturated rings. The van der Waals surface area contributed by atoms with Gasteiger partial charge in [-0.3, -0.25) is 4.79 Å². The van der Waals surface area contributed by atoms with Gasteiger partial charge in [-0.05, 0) is 18.2 Å². The Kier molecular flexibility index (Phi) is 1.41. The second-order valence-corrected chi connectivity index (χ2v) is 3.54. The van der Waals surface area contributed by atoms with Gasteiger partial charge in [0.15, 0.2) is 0 Å². The molecule has 0 spiro atoms. The number of aromatic nitrogens is 2. The maximum absolute atomic E-state index is 11.5. The van der Waals surface area contributed by atoms with Gasteiger partial charge in [0.2, 0.25) is 5.58 Å². The third-order valence-corrected chi connectivity index (χ3v) is 2.42. The minimum absolute atomic E-state index is 0.119. The molecule has 0 saturated heterocycles.